The van der Waals surface area contributed by atoms with E-state index in [4.69, 9.17) is 20.6 Å². The number of azo groups is 1. The van der Waals surface area contributed by atoms with Crippen molar-refractivity contribution >= 4 is 65.1 Å². The molecule has 170 valence electrons. The first-order valence-electron chi connectivity index (χ1n) is 7.59. The summed E-state index contributed by atoms with van der Waals surface area (Å²) in [7, 11) is -13.8. The molecule has 0 spiro atoms. The predicted molar refractivity (Wildman–Crippen MR) is 108 cm³/mol. The number of nitrogen functional groups attached to an aromatic ring is 2. The molecule has 0 saturated heterocycles. The number of anilines is 2. The molecule has 0 bridgehead atoms. The summed E-state index contributed by atoms with van der Waals surface area (Å²) in [4.78, 5) is 6.07. The first-order valence-corrected chi connectivity index (χ1v) is 13.1. The van der Waals surface area contributed by atoms with Gasteiger partial charge in [-0.1, -0.05) is 11.8 Å². The standard InChI is InChI=1S/C12H14N6O9S4/c13-10-9(11(14)16-12(15-10)28-3-4-29(19,20)21)18-17-7-5-6(30(22,23)24)1-2-8(7)31(25,26)27/h1-2,5H,3-4H2,(H,19,20,21)(H,22,23,24)(H,25,26,27)(H4,13,14,15,16). The Hall–Kier alpha value is -2.42. The van der Waals surface area contributed by atoms with E-state index < -0.39 is 51.6 Å². The van der Waals surface area contributed by atoms with Gasteiger partial charge in [0.05, 0.1) is 10.6 Å². The fourth-order valence-electron chi connectivity index (χ4n) is 1.93. The van der Waals surface area contributed by atoms with Gasteiger partial charge in [-0.15, -0.1) is 10.2 Å². The molecular formula is C12H14N6O9S4. The smallest absolute Gasteiger partial charge is 0.296 e. The molecule has 1 aromatic heterocycles. The fraction of sp³-hybridized carbons (Fsp3) is 0.167. The second-order valence-electron chi connectivity index (χ2n) is 5.54. The molecule has 15 nitrogen and oxygen atoms in total. The Morgan fingerprint density at radius 3 is 1.97 bits per heavy atom. The molecule has 0 fully saturated rings. The van der Waals surface area contributed by atoms with E-state index >= 15 is 0 Å². The zero-order valence-corrected chi connectivity index (χ0v) is 18.3. The van der Waals surface area contributed by atoms with Crippen molar-refractivity contribution in [2.45, 2.75) is 14.9 Å². The molecule has 7 N–H and O–H groups in total. The summed E-state index contributed by atoms with van der Waals surface area (Å²) in [6, 6.07) is 2.04. The van der Waals surface area contributed by atoms with Crippen molar-refractivity contribution in [3.8, 4) is 0 Å². The van der Waals surface area contributed by atoms with Crippen LogP contribution in [0.25, 0.3) is 0 Å². The highest BCUT2D eigenvalue weighted by Crippen LogP contribution is 2.33. The Morgan fingerprint density at radius 1 is 0.903 bits per heavy atom. The van der Waals surface area contributed by atoms with Crippen LogP contribution in [0.5, 0.6) is 0 Å². The largest absolute Gasteiger partial charge is 0.382 e. The minimum atomic E-state index is -4.85. The van der Waals surface area contributed by atoms with Crippen molar-refractivity contribution in [3.63, 3.8) is 0 Å². The van der Waals surface area contributed by atoms with Crippen molar-refractivity contribution in [1.82, 2.24) is 9.97 Å². The van der Waals surface area contributed by atoms with Gasteiger partial charge in [0, 0.05) is 5.75 Å². The SMILES string of the molecule is Nc1nc(SCCS(=O)(=O)O)nc(N)c1N=Nc1cc(S(=O)(=O)O)ccc1S(=O)(=O)O. The third-order valence-electron chi connectivity index (χ3n) is 3.25. The minimum Gasteiger partial charge on any atom is -0.382 e. The highest BCUT2D eigenvalue weighted by atomic mass is 32.2. The average Bonchev–Trinajstić information content (AvgIpc) is 2.58. The average molecular weight is 515 g/mol. The maximum atomic E-state index is 11.5. The second kappa shape index (κ2) is 8.98. The number of nitrogens with two attached hydrogens (primary N) is 2. The molecule has 2 rings (SSSR count). The molecule has 0 saturated carbocycles. The number of thioether (sulfide) groups is 1. The van der Waals surface area contributed by atoms with E-state index in [2.05, 4.69) is 20.2 Å². The molecule has 0 aliphatic heterocycles. The summed E-state index contributed by atoms with van der Waals surface area (Å²) in [5.74, 6) is -1.38. The van der Waals surface area contributed by atoms with Crippen molar-refractivity contribution in [3.05, 3.63) is 18.2 Å². The van der Waals surface area contributed by atoms with E-state index in [0.717, 1.165) is 17.8 Å². The molecule has 0 aliphatic rings. The lowest BCUT2D eigenvalue weighted by Crippen LogP contribution is -2.07. The topological polar surface area (TPSA) is 266 Å². The van der Waals surface area contributed by atoms with Gasteiger partial charge in [-0.3, -0.25) is 13.7 Å². The molecule has 1 heterocycles. The molecule has 1 aromatic carbocycles. The van der Waals surface area contributed by atoms with Gasteiger partial charge in [0.2, 0.25) is 0 Å². The van der Waals surface area contributed by atoms with Crippen molar-refractivity contribution in [1.29, 1.82) is 0 Å². The lowest BCUT2D eigenvalue weighted by molar-refractivity contribution is 0.478. The first kappa shape index (κ1) is 24.8. The highest BCUT2D eigenvalue weighted by molar-refractivity contribution is 8.00. The molecule has 0 unspecified atom stereocenters. The summed E-state index contributed by atoms with van der Waals surface area (Å²) >= 11 is 0.809. The van der Waals surface area contributed by atoms with Crippen molar-refractivity contribution < 1.29 is 38.9 Å². The maximum absolute atomic E-state index is 11.5. The molecule has 0 radical (unpaired) electrons. The molecule has 0 amide bonds. The van der Waals surface area contributed by atoms with Crippen LogP contribution in [0.2, 0.25) is 0 Å². The Balaban J connectivity index is 2.43. The third kappa shape index (κ3) is 7.05. The number of hydrogen-bond donors (Lipinski definition) is 5. The Morgan fingerprint density at radius 2 is 1.48 bits per heavy atom. The van der Waals surface area contributed by atoms with Gasteiger partial charge in [-0.2, -0.15) is 25.3 Å². The lowest BCUT2D eigenvalue weighted by Gasteiger charge is -2.06. The number of hydrogen-bond acceptors (Lipinski definition) is 13. The van der Waals surface area contributed by atoms with Crippen molar-refractivity contribution in [2.75, 3.05) is 23.0 Å². The molecule has 19 heteroatoms. The van der Waals surface area contributed by atoms with Crippen LogP contribution in [0.1, 0.15) is 0 Å². The Kier molecular flexibility index (Phi) is 7.20. The molecular weight excluding hydrogens is 500 g/mol. The molecule has 0 aliphatic carbocycles. The van der Waals surface area contributed by atoms with Crippen LogP contribution in [-0.2, 0) is 30.4 Å². The van der Waals surface area contributed by atoms with Gasteiger partial charge in [-0.05, 0) is 18.2 Å². The lowest BCUT2D eigenvalue weighted by atomic mass is 10.3. The number of nitrogens with zero attached hydrogens (tertiary/aromatic N) is 4. The van der Waals surface area contributed by atoms with Gasteiger partial charge < -0.3 is 11.5 Å². The van der Waals surface area contributed by atoms with Gasteiger partial charge in [0.1, 0.15) is 10.6 Å². The highest BCUT2D eigenvalue weighted by Gasteiger charge is 2.20. The Bertz CT molecular complexity index is 1330. The molecule has 0 atom stereocenters. The zero-order chi connectivity index (χ0) is 23.6. The van der Waals surface area contributed by atoms with Crippen LogP contribution < -0.4 is 11.5 Å². The van der Waals surface area contributed by atoms with Crippen LogP contribution in [0, 0.1) is 0 Å². The van der Waals surface area contributed by atoms with E-state index in [1.54, 1.807) is 0 Å². The number of benzene rings is 1. The zero-order valence-electron chi connectivity index (χ0n) is 15.0. The minimum absolute atomic E-state index is 0.0513. The van der Waals surface area contributed by atoms with Crippen LogP contribution in [-0.4, -0.2) is 60.4 Å². The first-order chi connectivity index (χ1) is 14.1. The third-order valence-corrected chi connectivity index (χ3v) is 6.83. The quantitative estimate of drug-likeness (QED) is 0.139. The number of aromatic nitrogens is 2. The van der Waals surface area contributed by atoms with Crippen LogP contribution >= 0.6 is 11.8 Å². The van der Waals surface area contributed by atoms with Gasteiger partial charge in [-0.25, -0.2) is 9.97 Å². The Labute approximate surface area is 180 Å². The molecule has 31 heavy (non-hydrogen) atoms. The maximum Gasteiger partial charge on any atom is 0.296 e. The van der Waals surface area contributed by atoms with E-state index in [1.807, 2.05) is 0 Å². The summed E-state index contributed by atoms with van der Waals surface area (Å²) < 4.78 is 94.0. The van der Waals surface area contributed by atoms with E-state index in [-0.39, 0.29) is 28.2 Å². The van der Waals surface area contributed by atoms with E-state index in [1.165, 1.54) is 0 Å². The van der Waals surface area contributed by atoms with Crippen LogP contribution in [0.15, 0.2) is 43.4 Å². The van der Waals surface area contributed by atoms with Crippen LogP contribution in [0.4, 0.5) is 23.0 Å². The van der Waals surface area contributed by atoms with Gasteiger partial charge in [0.25, 0.3) is 30.4 Å². The fourth-order valence-corrected chi connectivity index (χ4v) is 4.72. The van der Waals surface area contributed by atoms with E-state index in [9.17, 15) is 29.8 Å². The normalized spacial score (nSPS) is 13.0. The summed E-state index contributed by atoms with van der Waals surface area (Å²) in [6.07, 6.45) is 0. The predicted octanol–water partition coefficient (Wildman–Crippen LogP) is 0.530. The monoisotopic (exact) mass is 514 g/mol. The van der Waals surface area contributed by atoms with E-state index in [0.29, 0.717) is 12.1 Å². The summed E-state index contributed by atoms with van der Waals surface area (Å²) in [6.45, 7) is 0. The van der Waals surface area contributed by atoms with Gasteiger partial charge in [0.15, 0.2) is 22.5 Å². The number of rotatable bonds is 8. The second-order valence-corrected chi connectivity index (χ2v) is 11.0. The molecule has 2 aromatic rings. The summed E-state index contributed by atoms with van der Waals surface area (Å²) in [5.41, 5.74) is 10.4. The van der Waals surface area contributed by atoms with Crippen LogP contribution in [0.3, 0.4) is 0 Å². The van der Waals surface area contributed by atoms with Gasteiger partial charge >= 0.3 is 0 Å². The summed E-state index contributed by atoms with van der Waals surface area (Å²) in [5, 5.41) is 7.05. The van der Waals surface area contributed by atoms with Crippen molar-refractivity contribution in [2.24, 2.45) is 10.2 Å².